The predicted molar refractivity (Wildman–Crippen MR) is 233 cm³/mol. The Hall–Kier alpha value is -2.11. The van der Waals surface area contributed by atoms with E-state index < -0.39 is 6.10 Å². The van der Waals surface area contributed by atoms with Gasteiger partial charge in [0.2, 0.25) is 0 Å². The molecule has 0 rings (SSSR count). The van der Waals surface area contributed by atoms with Crippen molar-refractivity contribution in [3.05, 3.63) is 24.3 Å². The molecule has 6 heteroatoms. The van der Waals surface area contributed by atoms with E-state index in [0.29, 0.717) is 19.3 Å². The van der Waals surface area contributed by atoms with Crippen LogP contribution in [0.15, 0.2) is 24.3 Å². The predicted octanol–water partition coefficient (Wildman–Crippen LogP) is 15.2. The number of ether oxygens (including phenoxy) is 3. The van der Waals surface area contributed by atoms with Crippen LogP contribution < -0.4 is 0 Å². The lowest BCUT2D eigenvalue weighted by Gasteiger charge is -2.18. The summed E-state index contributed by atoms with van der Waals surface area (Å²) < 4.78 is 16.7. The van der Waals surface area contributed by atoms with Gasteiger partial charge in [0, 0.05) is 19.3 Å². The van der Waals surface area contributed by atoms with Crippen molar-refractivity contribution in [2.24, 2.45) is 0 Å². The Labute approximate surface area is 341 Å². The van der Waals surface area contributed by atoms with Crippen molar-refractivity contribution in [2.45, 2.75) is 258 Å². The van der Waals surface area contributed by atoms with Gasteiger partial charge in [-0.25, -0.2) is 0 Å². The Morgan fingerprint density at radius 3 is 0.945 bits per heavy atom. The fourth-order valence-corrected chi connectivity index (χ4v) is 6.78. The fraction of sp³-hybridized carbons (Fsp3) is 0.857. The van der Waals surface area contributed by atoms with Gasteiger partial charge in [0.25, 0.3) is 0 Å². The van der Waals surface area contributed by atoms with Gasteiger partial charge >= 0.3 is 17.9 Å². The maximum atomic E-state index is 12.7. The number of carbonyl (C=O) groups excluding carboxylic acids is 3. The molecule has 0 aromatic heterocycles. The highest BCUT2D eigenvalue weighted by Crippen LogP contribution is 2.15. The Morgan fingerprint density at radius 1 is 0.345 bits per heavy atom. The summed E-state index contributed by atoms with van der Waals surface area (Å²) in [5, 5.41) is 0. The summed E-state index contributed by atoms with van der Waals surface area (Å²) in [6.07, 6.45) is 48.7. The van der Waals surface area contributed by atoms with Gasteiger partial charge < -0.3 is 14.2 Å². The maximum Gasteiger partial charge on any atom is 0.306 e. The Kier molecular flexibility index (Phi) is 42.9. The van der Waals surface area contributed by atoms with Crippen molar-refractivity contribution in [3.63, 3.8) is 0 Å². The third-order valence-electron chi connectivity index (χ3n) is 10.4. The molecule has 0 aliphatic heterocycles. The number of esters is 3. The average Bonchev–Trinajstić information content (AvgIpc) is 3.18. The number of carbonyl (C=O) groups is 3. The van der Waals surface area contributed by atoms with Gasteiger partial charge in [0.05, 0.1) is 0 Å². The van der Waals surface area contributed by atoms with Crippen LogP contribution in [0.1, 0.15) is 252 Å². The van der Waals surface area contributed by atoms with E-state index in [2.05, 4.69) is 45.1 Å². The first-order chi connectivity index (χ1) is 27.0. The topological polar surface area (TPSA) is 78.9 Å². The molecule has 0 amide bonds. The quantitative estimate of drug-likeness (QED) is 0.0266. The van der Waals surface area contributed by atoms with Crippen molar-refractivity contribution < 1.29 is 28.6 Å². The molecule has 1 unspecified atom stereocenters. The molecule has 0 bridgehead atoms. The lowest BCUT2D eigenvalue weighted by Crippen LogP contribution is -2.30. The average molecular weight is 775 g/mol. The van der Waals surface area contributed by atoms with Crippen LogP contribution in [0.25, 0.3) is 0 Å². The van der Waals surface area contributed by atoms with Crippen molar-refractivity contribution in [3.8, 4) is 0 Å². The summed E-state index contributed by atoms with van der Waals surface area (Å²) in [5.41, 5.74) is 0. The normalized spacial score (nSPS) is 12.1. The van der Waals surface area contributed by atoms with E-state index in [1.807, 2.05) is 0 Å². The van der Waals surface area contributed by atoms with Crippen LogP contribution in [0, 0.1) is 0 Å². The minimum Gasteiger partial charge on any atom is -0.462 e. The maximum absolute atomic E-state index is 12.7. The van der Waals surface area contributed by atoms with Gasteiger partial charge in [0.1, 0.15) is 13.2 Å². The van der Waals surface area contributed by atoms with Crippen LogP contribution in [0.4, 0.5) is 0 Å². The molecule has 0 aromatic carbocycles. The second-order valence-electron chi connectivity index (χ2n) is 16.0. The molecule has 0 N–H and O–H groups in total. The molecule has 0 aliphatic rings. The van der Waals surface area contributed by atoms with E-state index in [-0.39, 0.29) is 31.1 Å². The standard InChI is InChI=1S/C49H90O6/c1-4-7-10-13-16-19-22-25-28-30-33-36-39-42-48(51)54-45-46(55-49(52)43-40-37-34-31-27-24-21-18-15-12-9-6-3)44-53-47(50)41-38-35-32-29-26-23-20-17-14-11-8-5-2/h17-18,20-21,46H,4-16,19,22-45H2,1-3H3/b20-17-,21-18-. The SMILES string of the molecule is CCCCC/C=C\CCCCCCCC(=O)OCC(COC(=O)CCCCCCCCCCCCCCC)OC(=O)CCCCCCC/C=C\CCCCC. The van der Waals surface area contributed by atoms with E-state index in [0.717, 1.165) is 70.6 Å². The van der Waals surface area contributed by atoms with Gasteiger partial charge in [0.15, 0.2) is 6.10 Å². The molecule has 0 fully saturated rings. The summed E-state index contributed by atoms with van der Waals surface area (Å²) in [4.78, 5) is 37.8. The molecule has 0 aliphatic carbocycles. The lowest BCUT2D eigenvalue weighted by atomic mass is 10.0. The van der Waals surface area contributed by atoms with Crippen molar-refractivity contribution in [1.29, 1.82) is 0 Å². The van der Waals surface area contributed by atoms with Crippen LogP contribution in [0.2, 0.25) is 0 Å². The highest BCUT2D eigenvalue weighted by molar-refractivity contribution is 5.71. The van der Waals surface area contributed by atoms with Crippen LogP contribution in [0.5, 0.6) is 0 Å². The minimum atomic E-state index is -0.772. The molecule has 0 radical (unpaired) electrons. The van der Waals surface area contributed by atoms with Crippen molar-refractivity contribution >= 4 is 17.9 Å². The molecular weight excluding hydrogens is 685 g/mol. The van der Waals surface area contributed by atoms with E-state index in [9.17, 15) is 14.4 Å². The first-order valence-corrected chi connectivity index (χ1v) is 23.8. The third kappa shape index (κ3) is 42.9. The first-order valence-electron chi connectivity index (χ1n) is 23.8. The Balaban J connectivity index is 4.37. The fourth-order valence-electron chi connectivity index (χ4n) is 6.78. The van der Waals surface area contributed by atoms with E-state index in [1.54, 1.807) is 0 Å². The zero-order chi connectivity index (χ0) is 40.1. The molecule has 0 saturated carbocycles. The molecule has 1 atom stereocenters. The monoisotopic (exact) mass is 775 g/mol. The summed E-state index contributed by atoms with van der Waals surface area (Å²) >= 11 is 0. The highest BCUT2D eigenvalue weighted by Gasteiger charge is 2.19. The largest absolute Gasteiger partial charge is 0.462 e. The van der Waals surface area contributed by atoms with Gasteiger partial charge in [-0.2, -0.15) is 0 Å². The third-order valence-corrected chi connectivity index (χ3v) is 10.4. The second kappa shape index (κ2) is 44.6. The summed E-state index contributed by atoms with van der Waals surface area (Å²) in [7, 11) is 0. The number of rotatable bonds is 43. The highest BCUT2D eigenvalue weighted by atomic mass is 16.6. The molecule has 0 heterocycles. The first kappa shape index (κ1) is 52.9. The van der Waals surface area contributed by atoms with Crippen LogP contribution in [-0.2, 0) is 28.6 Å². The summed E-state index contributed by atoms with van der Waals surface area (Å²) in [6, 6.07) is 0. The smallest absolute Gasteiger partial charge is 0.306 e. The second-order valence-corrected chi connectivity index (χ2v) is 16.0. The molecule has 322 valence electrons. The molecule has 0 spiro atoms. The molecule has 6 nitrogen and oxygen atoms in total. The van der Waals surface area contributed by atoms with Gasteiger partial charge in [-0.3, -0.25) is 14.4 Å². The number of hydrogen-bond donors (Lipinski definition) is 0. The summed E-state index contributed by atoms with van der Waals surface area (Å²) in [6.45, 7) is 6.58. The summed E-state index contributed by atoms with van der Waals surface area (Å²) in [5.74, 6) is -0.886. The van der Waals surface area contributed by atoms with Gasteiger partial charge in [-0.15, -0.1) is 0 Å². The zero-order valence-electron chi connectivity index (χ0n) is 36.7. The molecule has 55 heavy (non-hydrogen) atoms. The Bertz CT molecular complexity index is 896. The minimum absolute atomic E-state index is 0.0741. The molecule has 0 aromatic rings. The van der Waals surface area contributed by atoms with E-state index in [4.69, 9.17) is 14.2 Å². The zero-order valence-corrected chi connectivity index (χ0v) is 36.7. The van der Waals surface area contributed by atoms with Crippen molar-refractivity contribution in [2.75, 3.05) is 13.2 Å². The van der Waals surface area contributed by atoms with Gasteiger partial charge in [-0.1, -0.05) is 186 Å². The van der Waals surface area contributed by atoms with E-state index >= 15 is 0 Å². The number of unbranched alkanes of at least 4 members (excludes halogenated alkanes) is 28. The Morgan fingerprint density at radius 2 is 0.600 bits per heavy atom. The van der Waals surface area contributed by atoms with Crippen LogP contribution in [0.3, 0.4) is 0 Å². The number of hydrogen-bond acceptors (Lipinski definition) is 6. The van der Waals surface area contributed by atoms with Gasteiger partial charge in [-0.05, 0) is 70.6 Å². The lowest BCUT2D eigenvalue weighted by molar-refractivity contribution is -0.167. The van der Waals surface area contributed by atoms with Crippen molar-refractivity contribution in [1.82, 2.24) is 0 Å². The molecular formula is C49H90O6. The molecule has 0 saturated heterocycles. The number of allylic oxidation sites excluding steroid dienone is 4. The van der Waals surface area contributed by atoms with E-state index in [1.165, 1.54) is 141 Å². The van der Waals surface area contributed by atoms with Crippen LogP contribution in [-0.4, -0.2) is 37.2 Å². The van der Waals surface area contributed by atoms with Crippen LogP contribution >= 0.6 is 0 Å².